The van der Waals surface area contributed by atoms with Crippen molar-refractivity contribution in [3.8, 4) is 5.75 Å². The topological polar surface area (TPSA) is 38.3 Å². The van der Waals surface area contributed by atoms with Gasteiger partial charge < -0.3 is 10.1 Å². The summed E-state index contributed by atoms with van der Waals surface area (Å²) in [5.41, 5.74) is 0.641. The first-order valence-corrected chi connectivity index (χ1v) is 7.23. The van der Waals surface area contributed by atoms with Crippen LogP contribution in [0.1, 0.15) is 56.3 Å². The fourth-order valence-corrected chi connectivity index (χ4v) is 2.52. The van der Waals surface area contributed by atoms with Gasteiger partial charge in [-0.15, -0.1) is 0 Å². The van der Waals surface area contributed by atoms with E-state index in [9.17, 15) is 4.79 Å². The van der Waals surface area contributed by atoms with E-state index in [1.54, 1.807) is 0 Å². The molecule has 0 radical (unpaired) electrons. The quantitative estimate of drug-likeness (QED) is 0.900. The summed E-state index contributed by atoms with van der Waals surface area (Å²) in [6, 6.07) is 7.79. The Morgan fingerprint density at radius 3 is 2.58 bits per heavy atom. The number of para-hydroxylation sites is 1. The van der Waals surface area contributed by atoms with Crippen molar-refractivity contribution in [1.82, 2.24) is 5.32 Å². The minimum absolute atomic E-state index is 0.0110. The molecule has 19 heavy (non-hydrogen) atoms. The average molecular weight is 261 g/mol. The van der Waals surface area contributed by atoms with Crippen molar-refractivity contribution in [2.24, 2.45) is 0 Å². The summed E-state index contributed by atoms with van der Waals surface area (Å²) in [6.45, 7) is 3.94. The largest absolute Gasteiger partial charge is 0.490 e. The minimum Gasteiger partial charge on any atom is -0.490 e. The molecule has 0 aliphatic heterocycles. The second-order valence-electron chi connectivity index (χ2n) is 5.47. The van der Waals surface area contributed by atoms with Gasteiger partial charge in [0.1, 0.15) is 5.75 Å². The highest BCUT2D eigenvalue weighted by molar-refractivity contribution is 5.97. The molecule has 1 aromatic rings. The second-order valence-corrected chi connectivity index (χ2v) is 5.47. The fourth-order valence-electron chi connectivity index (χ4n) is 2.52. The summed E-state index contributed by atoms with van der Waals surface area (Å²) in [6.07, 6.45) is 5.99. The number of benzene rings is 1. The van der Waals surface area contributed by atoms with E-state index in [2.05, 4.69) is 5.32 Å². The lowest BCUT2D eigenvalue weighted by Crippen LogP contribution is -2.36. The Kier molecular flexibility index (Phi) is 4.83. The molecule has 1 N–H and O–H groups in total. The summed E-state index contributed by atoms with van der Waals surface area (Å²) in [5.74, 6) is 0.661. The summed E-state index contributed by atoms with van der Waals surface area (Å²) in [4.78, 5) is 12.3. The molecule has 0 spiro atoms. The maximum absolute atomic E-state index is 12.3. The van der Waals surface area contributed by atoms with E-state index in [0.29, 0.717) is 17.4 Å². The number of amides is 1. The van der Waals surface area contributed by atoms with Gasteiger partial charge in [-0.2, -0.15) is 0 Å². The molecular formula is C16H23NO2. The molecule has 1 aliphatic carbocycles. The maximum atomic E-state index is 12.3. The molecule has 0 bridgehead atoms. The van der Waals surface area contributed by atoms with Crippen LogP contribution in [0.3, 0.4) is 0 Å². The Bertz CT molecular complexity index is 423. The first-order chi connectivity index (χ1) is 9.16. The molecule has 0 aromatic heterocycles. The van der Waals surface area contributed by atoms with Crippen LogP contribution in [0.15, 0.2) is 24.3 Å². The van der Waals surface area contributed by atoms with Gasteiger partial charge >= 0.3 is 0 Å². The molecule has 0 heterocycles. The summed E-state index contributed by atoms with van der Waals surface area (Å²) in [7, 11) is 0. The van der Waals surface area contributed by atoms with Crippen LogP contribution in [0.25, 0.3) is 0 Å². The summed E-state index contributed by atoms with van der Waals surface area (Å²) >= 11 is 0. The van der Waals surface area contributed by atoms with E-state index < -0.39 is 0 Å². The number of hydrogen-bond donors (Lipinski definition) is 1. The number of hydrogen-bond acceptors (Lipinski definition) is 2. The highest BCUT2D eigenvalue weighted by atomic mass is 16.5. The van der Waals surface area contributed by atoms with E-state index in [-0.39, 0.29) is 12.0 Å². The van der Waals surface area contributed by atoms with Gasteiger partial charge in [0.2, 0.25) is 0 Å². The van der Waals surface area contributed by atoms with Crippen molar-refractivity contribution < 1.29 is 9.53 Å². The van der Waals surface area contributed by atoms with E-state index >= 15 is 0 Å². The summed E-state index contributed by atoms with van der Waals surface area (Å²) in [5, 5.41) is 3.13. The Balaban J connectivity index is 2.05. The Morgan fingerprint density at radius 1 is 1.21 bits per heavy atom. The number of carbonyl (C=O) groups is 1. The van der Waals surface area contributed by atoms with Crippen LogP contribution in [-0.4, -0.2) is 18.1 Å². The smallest absolute Gasteiger partial charge is 0.255 e. The fraction of sp³-hybridized carbons (Fsp3) is 0.562. The van der Waals surface area contributed by atoms with Crippen LogP contribution in [0, 0.1) is 0 Å². The second kappa shape index (κ2) is 6.60. The standard InChI is InChI=1S/C16H23NO2/c1-12(2)19-15-11-7-6-10-14(15)16(18)17-13-8-4-3-5-9-13/h6-7,10-13H,3-5,8-9H2,1-2H3,(H,17,18). The van der Waals surface area contributed by atoms with Crippen molar-refractivity contribution in [3.63, 3.8) is 0 Å². The lowest BCUT2D eigenvalue weighted by Gasteiger charge is -2.23. The predicted octanol–water partition coefficient (Wildman–Crippen LogP) is 3.54. The molecule has 0 unspecified atom stereocenters. The monoisotopic (exact) mass is 261 g/mol. The molecule has 1 amide bonds. The van der Waals surface area contributed by atoms with Crippen molar-refractivity contribution in [3.05, 3.63) is 29.8 Å². The highest BCUT2D eigenvalue weighted by Gasteiger charge is 2.19. The first kappa shape index (κ1) is 13.9. The zero-order valence-corrected chi connectivity index (χ0v) is 11.8. The van der Waals surface area contributed by atoms with E-state index in [0.717, 1.165) is 12.8 Å². The predicted molar refractivity (Wildman–Crippen MR) is 76.5 cm³/mol. The van der Waals surface area contributed by atoms with Gasteiger partial charge in [-0.1, -0.05) is 31.4 Å². The normalized spacial score (nSPS) is 16.4. The number of nitrogens with one attached hydrogen (secondary N) is 1. The molecule has 1 aromatic carbocycles. The van der Waals surface area contributed by atoms with Crippen LogP contribution in [-0.2, 0) is 0 Å². The molecule has 3 heteroatoms. The van der Waals surface area contributed by atoms with Crippen molar-refractivity contribution in [2.75, 3.05) is 0 Å². The molecule has 104 valence electrons. The molecule has 0 atom stereocenters. The number of ether oxygens (including phenoxy) is 1. The van der Waals surface area contributed by atoms with Gasteiger partial charge in [-0.05, 0) is 38.8 Å². The first-order valence-electron chi connectivity index (χ1n) is 7.23. The van der Waals surface area contributed by atoms with E-state index in [4.69, 9.17) is 4.74 Å². The van der Waals surface area contributed by atoms with Gasteiger partial charge in [-0.3, -0.25) is 4.79 Å². The molecule has 2 rings (SSSR count). The molecule has 1 saturated carbocycles. The van der Waals surface area contributed by atoms with Crippen LogP contribution in [0.4, 0.5) is 0 Å². The van der Waals surface area contributed by atoms with Crippen molar-refractivity contribution in [2.45, 2.75) is 58.1 Å². The SMILES string of the molecule is CC(C)Oc1ccccc1C(=O)NC1CCCCC1. The van der Waals surface area contributed by atoms with E-state index in [1.807, 2.05) is 38.1 Å². The Hall–Kier alpha value is -1.51. The zero-order valence-electron chi connectivity index (χ0n) is 11.8. The number of carbonyl (C=O) groups excluding carboxylic acids is 1. The van der Waals surface area contributed by atoms with Gasteiger partial charge in [0.25, 0.3) is 5.91 Å². The third-order valence-corrected chi connectivity index (χ3v) is 3.43. The van der Waals surface area contributed by atoms with Crippen LogP contribution in [0.2, 0.25) is 0 Å². The van der Waals surface area contributed by atoms with Gasteiger partial charge in [-0.25, -0.2) is 0 Å². The molecule has 1 aliphatic rings. The Labute approximate surface area is 115 Å². The van der Waals surface area contributed by atoms with Crippen LogP contribution in [0.5, 0.6) is 5.75 Å². The average Bonchev–Trinajstić information content (AvgIpc) is 2.39. The zero-order chi connectivity index (χ0) is 13.7. The van der Waals surface area contributed by atoms with Crippen LogP contribution >= 0.6 is 0 Å². The van der Waals surface area contributed by atoms with E-state index in [1.165, 1.54) is 19.3 Å². The third-order valence-electron chi connectivity index (χ3n) is 3.43. The molecule has 0 saturated heterocycles. The highest BCUT2D eigenvalue weighted by Crippen LogP contribution is 2.21. The van der Waals surface area contributed by atoms with Gasteiger partial charge in [0.15, 0.2) is 0 Å². The third kappa shape index (κ3) is 3.98. The number of rotatable bonds is 4. The van der Waals surface area contributed by atoms with Crippen molar-refractivity contribution in [1.29, 1.82) is 0 Å². The lowest BCUT2D eigenvalue weighted by molar-refractivity contribution is 0.0922. The molecular weight excluding hydrogens is 238 g/mol. The van der Waals surface area contributed by atoms with Gasteiger partial charge in [0.05, 0.1) is 11.7 Å². The molecule has 1 fully saturated rings. The summed E-state index contributed by atoms with van der Waals surface area (Å²) < 4.78 is 5.69. The van der Waals surface area contributed by atoms with Gasteiger partial charge in [0, 0.05) is 6.04 Å². The van der Waals surface area contributed by atoms with Crippen LogP contribution < -0.4 is 10.1 Å². The lowest BCUT2D eigenvalue weighted by atomic mass is 9.95. The maximum Gasteiger partial charge on any atom is 0.255 e. The minimum atomic E-state index is -0.0110. The Morgan fingerprint density at radius 2 is 1.89 bits per heavy atom. The molecule has 3 nitrogen and oxygen atoms in total. The van der Waals surface area contributed by atoms with Crippen molar-refractivity contribution >= 4 is 5.91 Å².